The first kappa shape index (κ1) is 12.6. The van der Waals surface area contributed by atoms with Crippen molar-refractivity contribution in [3.63, 3.8) is 0 Å². The van der Waals surface area contributed by atoms with Gasteiger partial charge in [0.25, 0.3) is 11.8 Å². The maximum Gasteiger partial charge on any atom is 0.313 e. The Hall–Kier alpha value is -1.82. The van der Waals surface area contributed by atoms with E-state index in [0.29, 0.717) is 22.6 Å². The number of carbonyl (C=O) groups is 3. The van der Waals surface area contributed by atoms with Crippen molar-refractivity contribution in [1.29, 1.82) is 0 Å². The molecule has 0 spiro atoms. The maximum atomic E-state index is 11.9. The van der Waals surface area contributed by atoms with Crippen molar-refractivity contribution < 1.29 is 19.5 Å². The van der Waals surface area contributed by atoms with E-state index in [0.717, 1.165) is 11.8 Å². The molecule has 1 heterocycles. The van der Waals surface area contributed by atoms with Crippen LogP contribution in [0.25, 0.3) is 0 Å². The van der Waals surface area contributed by atoms with Crippen molar-refractivity contribution in [2.45, 2.75) is 11.8 Å². The van der Waals surface area contributed by atoms with E-state index < -0.39 is 5.97 Å². The predicted molar refractivity (Wildman–Crippen MR) is 65.8 cm³/mol. The van der Waals surface area contributed by atoms with Gasteiger partial charge in [0.1, 0.15) is 0 Å². The SMILES string of the molecule is CCN1C(=O)c2ccc(SCC(=O)O)cc2C1=O. The molecule has 0 fully saturated rings. The van der Waals surface area contributed by atoms with Gasteiger partial charge in [-0.25, -0.2) is 0 Å². The smallest absolute Gasteiger partial charge is 0.313 e. The molecule has 18 heavy (non-hydrogen) atoms. The fourth-order valence-corrected chi connectivity index (χ4v) is 2.45. The van der Waals surface area contributed by atoms with E-state index in [1.54, 1.807) is 25.1 Å². The molecule has 5 nitrogen and oxygen atoms in total. The van der Waals surface area contributed by atoms with E-state index in [1.807, 2.05) is 0 Å². The van der Waals surface area contributed by atoms with Gasteiger partial charge in [-0.05, 0) is 25.1 Å². The fourth-order valence-electron chi connectivity index (χ4n) is 1.79. The molecule has 0 bridgehead atoms. The van der Waals surface area contributed by atoms with E-state index in [4.69, 9.17) is 5.11 Å². The zero-order valence-corrected chi connectivity index (χ0v) is 10.5. The van der Waals surface area contributed by atoms with Crippen LogP contribution in [0.15, 0.2) is 23.1 Å². The summed E-state index contributed by atoms with van der Waals surface area (Å²) in [5.74, 6) is -1.58. The van der Waals surface area contributed by atoms with Crippen molar-refractivity contribution in [1.82, 2.24) is 4.90 Å². The average molecular weight is 265 g/mol. The number of carboxylic acids is 1. The third kappa shape index (κ3) is 2.11. The molecule has 0 aliphatic carbocycles. The van der Waals surface area contributed by atoms with Gasteiger partial charge in [0.2, 0.25) is 0 Å². The van der Waals surface area contributed by atoms with E-state index in [2.05, 4.69) is 0 Å². The number of hydrogen-bond donors (Lipinski definition) is 1. The molecule has 1 aromatic rings. The maximum absolute atomic E-state index is 11.9. The number of benzene rings is 1. The number of rotatable bonds is 4. The first-order valence-electron chi connectivity index (χ1n) is 5.39. The highest BCUT2D eigenvalue weighted by Gasteiger charge is 2.34. The van der Waals surface area contributed by atoms with Crippen LogP contribution >= 0.6 is 11.8 Å². The highest BCUT2D eigenvalue weighted by atomic mass is 32.2. The van der Waals surface area contributed by atoms with Gasteiger partial charge >= 0.3 is 5.97 Å². The van der Waals surface area contributed by atoms with Crippen molar-refractivity contribution in [2.75, 3.05) is 12.3 Å². The Morgan fingerprint density at radius 2 is 1.94 bits per heavy atom. The van der Waals surface area contributed by atoms with Crippen molar-refractivity contribution in [3.8, 4) is 0 Å². The summed E-state index contributed by atoms with van der Waals surface area (Å²) in [6.45, 7) is 2.08. The number of fused-ring (bicyclic) bond motifs is 1. The summed E-state index contributed by atoms with van der Waals surface area (Å²) in [6, 6.07) is 4.82. The van der Waals surface area contributed by atoms with Crippen LogP contribution in [0.5, 0.6) is 0 Å². The van der Waals surface area contributed by atoms with Gasteiger partial charge < -0.3 is 5.11 Å². The van der Waals surface area contributed by atoms with Crippen LogP contribution in [0.4, 0.5) is 0 Å². The average Bonchev–Trinajstić information content (AvgIpc) is 2.59. The largest absolute Gasteiger partial charge is 0.481 e. The third-order valence-corrected chi connectivity index (χ3v) is 3.60. The number of carboxylic acid groups (broad SMARTS) is 1. The molecule has 1 aromatic carbocycles. The quantitative estimate of drug-likeness (QED) is 0.659. The lowest BCUT2D eigenvalue weighted by molar-refractivity contribution is -0.133. The number of carbonyl (C=O) groups excluding carboxylic acids is 2. The lowest BCUT2D eigenvalue weighted by Crippen LogP contribution is -2.29. The molecule has 1 aliphatic heterocycles. The Bertz CT molecular complexity index is 541. The van der Waals surface area contributed by atoms with E-state index in [-0.39, 0.29) is 17.6 Å². The minimum atomic E-state index is -0.918. The van der Waals surface area contributed by atoms with Gasteiger partial charge in [-0.3, -0.25) is 19.3 Å². The molecule has 2 rings (SSSR count). The zero-order valence-electron chi connectivity index (χ0n) is 9.67. The molecule has 2 amide bonds. The standard InChI is InChI=1S/C12H11NO4S/c1-2-13-11(16)8-4-3-7(18-6-10(14)15)5-9(8)12(13)17/h3-5H,2,6H2,1H3,(H,14,15). The molecule has 0 radical (unpaired) electrons. The normalized spacial score (nSPS) is 13.9. The highest BCUT2D eigenvalue weighted by molar-refractivity contribution is 8.00. The fraction of sp³-hybridized carbons (Fsp3) is 0.250. The first-order valence-corrected chi connectivity index (χ1v) is 6.38. The molecule has 0 aromatic heterocycles. The predicted octanol–water partition coefficient (Wildman–Crippen LogP) is 1.48. The van der Waals surface area contributed by atoms with Crippen LogP contribution in [0.2, 0.25) is 0 Å². The summed E-state index contributed by atoms with van der Waals surface area (Å²) in [5, 5.41) is 8.59. The molecule has 6 heteroatoms. The Morgan fingerprint density at radius 3 is 2.56 bits per heavy atom. The summed E-state index contributed by atoms with van der Waals surface area (Å²) < 4.78 is 0. The topological polar surface area (TPSA) is 74.7 Å². The van der Waals surface area contributed by atoms with Crippen molar-refractivity contribution >= 4 is 29.5 Å². The van der Waals surface area contributed by atoms with E-state index >= 15 is 0 Å². The number of amides is 2. The Balaban J connectivity index is 2.29. The van der Waals surface area contributed by atoms with Crippen LogP contribution in [0.1, 0.15) is 27.6 Å². The summed E-state index contributed by atoms with van der Waals surface area (Å²) in [6.07, 6.45) is 0. The van der Waals surface area contributed by atoms with Crippen LogP contribution in [0.3, 0.4) is 0 Å². The molecule has 1 aliphatic rings. The van der Waals surface area contributed by atoms with Gasteiger partial charge in [-0.2, -0.15) is 0 Å². The lowest BCUT2D eigenvalue weighted by atomic mass is 10.1. The number of imide groups is 1. The van der Waals surface area contributed by atoms with Crippen LogP contribution in [-0.2, 0) is 4.79 Å². The highest BCUT2D eigenvalue weighted by Crippen LogP contribution is 2.27. The second-order valence-electron chi connectivity index (χ2n) is 3.74. The Labute approximate surface area is 108 Å². The van der Waals surface area contributed by atoms with E-state index in [1.165, 1.54) is 4.90 Å². The second-order valence-corrected chi connectivity index (χ2v) is 4.79. The van der Waals surface area contributed by atoms with Gasteiger partial charge in [0.15, 0.2) is 0 Å². The molecule has 1 N–H and O–H groups in total. The third-order valence-electron chi connectivity index (χ3n) is 2.62. The molecule has 0 atom stereocenters. The number of thioether (sulfide) groups is 1. The molecule has 0 saturated heterocycles. The first-order chi connectivity index (χ1) is 8.54. The minimum absolute atomic E-state index is 0.0710. The van der Waals surface area contributed by atoms with Crippen LogP contribution in [-0.4, -0.2) is 40.1 Å². The lowest BCUT2D eigenvalue weighted by Gasteiger charge is -2.08. The van der Waals surface area contributed by atoms with Crippen molar-refractivity contribution in [3.05, 3.63) is 29.3 Å². The number of aliphatic carboxylic acids is 1. The van der Waals surface area contributed by atoms with Gasteiger partial charge in [0, 0.05) is 11.4 Å². The summed E-state index contributed by atoms with van der Waals surface area (Å²) in [4.78, 5) is 36.1. The molecule has 94 valence electrons. The van der Waals surface area contributed by atoms with Crippen LogP contribution < -0.4 is 0 Å². The Morgan fingerprint density at radius 1 is 1.28 bits per heavy atom. The Kier molecular flexibility index (Phi) is 3.38. The summed E-state index contributed by atoms with van der Waals surface area (Å²) >= 11 is 1.13. The minimum Gasteiger partial charge on any atom is -0.481 e. The zero-order chi connectivity index (χ0) is 13.3. The number of nitrogens with zero attached hydrogens (tertiary/aromatic N) is 1. The van der Waals surface area contributed by atoms with Gasteiger partial charge in [0.05, 0.1) is 16.9 Å². The van der Waals surface area contributed by atoms with E-state index in [9.17, 15) is 14.4 Å². The second kappa shape index (κ2) is 4.81. The van der Waals surface area contributed by atoms with Gasteiger partial charge in [-0.1, -0.05) is 0 Å². The molecule has 0 saturated carbocycles. The monoisotopic (exact) mass is 265 g/mol. The van der Waals surface area contributed by atoms with Crippen LogP contribution in [0, 0.1) is 0 Å². The van der Waals surface area contributed by atoms with Gasteiger partial charge in [-0.15, -0.1) is 11.8 Å². The summed E-state index contributed by atoms with van der Waals surface area (Å²) in [7, 11) is 0. The number of hydrogen-bond acceptors (Lipinski definition) is 4. The molecular weight excluding hydrogens is 254 g/mol. The molecule has 0 unspecified atom stereocenters. The van der Waals surface area contributed by atoms with Crippen molar-refractivity contribution in [2.24, 2.45) is 0 Å². The summed E-state index contributed by atoms with van der Waals surface area (Å²) in [5.41, 5.74) is 0.749. The molecular formula is C12H11NO4S.